The lowest BCUT2D eigenvalue weighted by atomic mass is 9.99. The maximum Gasteiger partial charge on any atom is 0.109 e. The molecule has 1 atom stereocenters. The van der Waals surface area contributed by atoms with Gasteiger partial charge in [0.05, 0.1) is 22.9 Å². The lowest BCUT2D eigenvalue weighted by Crippen LogP contribution is -2.56. The van der Waals surface area contributed by atoms with E-state index in [2.05, 4.69) is 43.0 Å². The molecule has 1 saturated heterocycles. The van der Waals surface area contributed by atoms with Gasteiger partial charge in [0, 0.05) is 25.0 Å². The van der Waals surface area contributed by atoms with Crippen molar-refractivity contribution in [3.8, 4) is 0 Å². The van der Waals surface area contributed by atoms with Crippen LogP contribution in [0, 0.1) is 0 Å². The second-order valence-electron chi connectivity index (χ2n) is 6.73. The standard InChI is InChI=1S/C14H25N3OS/c1-10(15)12-16-11(7-19-12)6-17-8-13(2,3)18-14(4,5)9-17/h7,10H,6,8-9,15H2,1-5H3. The smallest absolute Gasteiger partial charge is 0.109 e. The van der Waals surface area contributed by atoms with Crippen LogP contribution in [-0.2, 0) is 11.3 Å². The van der Waals surface area contributed by atoms with Gasteiger partial charge in [0.15, 0.2) is 0 Å². The molecule has 0 bridgehead atoms. The predicted molar refractivity (Wildman–Crippen MR) is 79.2 cm³/mol. The van der Waals surface area contributed by atoms with E-state index in [9.17, 15) is 0 Å². The molecule has 2 N–H and O–H groups in total. The summed E-state index contributed by atoms with van der Waals surface area (Å²) in [7, 11) is 0. The molecule has 4 nitrogen and oxygen atoms in total. The monoisotopic (exact) mass is 283 g/mol. The molecule has 108 valence electrons. The normalized spacial score (nSPS) is 24.3. The summed E-state index contributed by atoms with van der Waals surface area (Å²) in [4.78, 5) is 7.03. The first-order valence-electron chi connectivity index (χ1n) is 6.79. The topological polar surface area (TPSA) is 51.4 Å². The van der Waals surface area contributed by atoms with E-state index in [4.69, 9.17) is 10.5 Å². The van der Waals surface area contributed by atoms with Crippen molar-refractivity contribution >= 4 is 11.3 Å². The first kappa shape index (κ1) is 14.9. The van der Waals surface area contributed by atoms with Crippen LogP contribution in [0.15, 0.2) is 5.38 Å². The number of ether oxygens (including phenoxy) is 1. The molecule has 1 unspecified atom stereocenters. The minimum Gasteiger partial charge on any atom is -0.367 e. The highest BCUT2D eigenvalue weighted by molar-refractivity contribution is 7.09. The Kier molecular flexibility index (Phi) is 4.02. The van der Waals surface area contributed by atoms with Crippen molar-refractivity contribution in [3.63, 3.8) is 0 Å². The van der Waals surface area contributed by atoms with Crippen molar-refractivity contribution in [2.45, 2.75) is 58.4 Å². The Hall–Kier alpha value is -0.490. The summed E-state index contributed by atoms with van der Waals surface area (Å²) in [6.07, 6.45) is 0. The summed E-state index contributed by atoms with van der Waals surface area (Å²) >= 11 is 1.65. The highest BCUT2D eigenvalue weighted by atomic mass is 32.1. The van der Waals surface area contributed by atoms with E-state index in [1.807, 2.05) is 6.92 Å². The van der Waals surface area contributed by atoms with Gasteiger partial charge in [-0.05, 0) is 34.6 Å². The fourth-order valence-corrected chi connectivity index (χ4v) is 3.66. The van der Waals surface area contributed by atoms with Crippen LogP contribution >= 0.6 is 11.3 Å². The molecular formula is C14H25N3OS. The van der Waals surface area contributed by atoms with Crippen LogP contribution in [0.1, 0.15) is 51.4 Å². The lowest BCUT2D eigenvalue weighted by Gasteiger charge is -2.47. The van der Waals surface area contributed by atoms with E-state index in [-0.39, 0.29) is 17.2 Å². The third-order valence-corrected chi connectivity index (χ3v) is 4.20. The Morgan fingerprint density at radius 3 is 2.42 bits per heavy atom. The van der Waals surface area contributed by atoms with Gasteiger partial charge in [-0.2, -0.15) is 0 Å². The molecule has 5 heteroatoms. The minimum absolute atomic E-state index is 0.0244. The number of hydrogen-bond acceptors (Lipinski definition) is 5. The van der Waals surface area contributed by atoms with Crippen molar-refractivity contribution in [3.05, 3.63) is 16.1 Å². The first-order valence-corrected chi connectivity index (χ1v) is 7.67. The fraction of sp³-hybridized carbons (Fsp3) is 0.786. The largest absolute Gasteiger partial charge is 0.367 e. The molecule has 0 spiro atoms. The Bertz CT molecular complexity index is 424. The third kappa shape index (κ3) is 3.99. The van der Waals surface area contributed by atoms with Crippen LogP contribution in [0.3, 0.4) is 0 Å². The molecule has 0 aliphatic carbocycles. The molecule has 1 aliphatic rings. The molecule has 0 amide bonds. The van der Waals surface area contributed by atoms with Gasteiger partial charge in [0.1, 0.15) is 5.01 Å². The SMILES string of the molecule is CC(N)c1nc(CN2CC(C)(C)OC(C)(C)C2)cs1. The number of morpholine rings is 1. The van der Waals surface area contributed by atoms with Crippen molar-refractivity contribution in [2.75, 3.05) is 13.1 Å². The highest BCUT2D eigenvalue weighted by Crippen LogP contribution is 2.29. The van der Waals surface area contributed by atoms with Gasteiger partial charge < -0.3 is 10.5 Å². The quantitative estimate of drug-likeness (QED) is 0.926. The summed E-state index contributed by atoms with van der Waals surface area (Å²) < 4.78 is 6.09. The molecule has 1 aromatic rings. The fourth-order valence-electron chi connectivity index (χ4n) is 2.89. The molecular weight excluding hydrogens is 258 g/mol. The summed E-state index contributed by atoms with van der Waals surface area (Å²) in [5, 5.41) is 3.13. The molecule has 2 rings (SSSR count). The van der Waals surface area contributed by atoms with Gasteiger partial charge >= 0.3 is 0 Å². The Labute approximate surface area is 120 Å². The average Bonchev–Trinajstić information content (AvgIpc) is 2.60. The molecule has 1 fully saturated rings. The van der Waals surface area contributed by atoms with Crippen molar-refractivity contribution < 1.29 is 4.74 Å². The van der Waals surface area contributed by atoms with Gasteiger partial charge in [-0.1, -0.05) is 0 Å². The summed E-state index contributed by atoms with van der Waals surface area (Å²) in [6, 6.07) is 0.0244. The average molecular weight is 283 g/mol. The number of nitrogens with two attached hydrogens (primary N) is 1. The predicted octanol–water partition coefficient (Wildman–Crippen LogP) is 2.55. The zero-order valence-electron chi connectivity index (χ0n) is 12.6. The van der Waals surface area contributed by atoms with Crippen LogP contribution < -0.4 is 5.73 Å². The number of nitrogens with zero attached hydrogens (tertiary/aromatic N) is 2. The third-order valence-electron chi connectivity index (χ3n) is 3.11. The van der Waals surface area contributed by atoms with E-state index in [0.717, 1.165) is 30.3 Å². The zero-order valence-corrected chi connectivity index (χ0v) is 13.4. The minimum atomic E-state index is -0.109. The lowest BCUT2D eigenvalue weighted by molar-refractivity contribution is -0.182. The number of thiazole rings is 1. The van der Waals surface area contributed by atoms with E-state index >= 15 is 0 Å². The van der Waals surface area contributed by atoms with Crippen LogP contribution in [-0.4, -0.2) is 34.2 Å². The molecule has 0 radical (unpaired) electrons. The Morgan fingerprint density at radius 1 is 1.37 bits per heavy atom. The number of hydrogen-bond donors (Lipinski definition) is 1. The number of rotatable bonds is 3. The maximum absolute atomic E-state index is 6.09. The molecule has 19 heavy (non-hydrogen) atoms. The maximum atomic E-state index is 6.09. The van der Waals surface area contributed by atoms with Gasteiger partial charge in [-0.25, -0.2) is 4.98 Å². The molecule has 1 aromatic heterocycles. The number of aromatic nitrogens is 1. The van der Waals surface area contributed by atoms with Crippen LogP contribution in [0.5, 0.6) is 0 Å². The molecule has 1 aliphatic heterocycles. The van der Waals surface area contributed by atoms with Crippen LogP contribution in [0.25, 0.3) is 0 Å². The zero-order chi connectivity index (χ0) is 14.3. The second-order valence-corrected chi connectivity index (χ2v) is 7.62. The Morgan fingerprint density at radius 2 is 1.95 bits per heavy atom. The van der Waals surface area contributed by atoms with Crippen LogP contribution in [0.2, 0.25) is 0 Å². The van der Waals surface area contributed by atoms with E-state index in [0.29, 0.717) is 0 Å². The van der Waals surface area contributed by atoms with Crippen molar-refractivity contribution in [1.82, 2.24) is 9.88 Å². The highest BCUT2D eigenvalue weighted by Gasteiger charge is 2.38. The Balaban J connectivity index is 2.05. The first-order chi connectivity index (χ1) is 8.67. The van der Waals surface area contributed by atoms with E-state index in [1.165, 1.54) is 0 Å². The van der Waals surface area contributed by atoms with E-state index < -0.39 is 0 Å². The van der Waals surface area contributed by atoms with Gasteiger partial charge in [-0.3, -0.25) is 4.90 Å². The molecule has 0 saturated carbocycles. The van der Waals surface area contributed by atoms with Crippen molar-refractivity contribution in [1.29, 1.82) is 0 Å². The summed E-state index contributed by atoms with van der Waals surface area (Å²) in [6.45, 7) is 13.3. The van der Waals surface area contributed by atoms with Crippen molar-refractivity contribution in [2.24, 2.45) is 5.73 Å². The molecule has 2 heterocycles. The second kappa shape index (κ2) is 5.13. The summed E-state index contributed by atoms with van der Waals surface area (Å²) in [5.74, 6) is 0. The van der Waals surface area contributed by atoms with Gasteiger partial charge in [0.25, 0.3) is 0 Å². The summed E-state index contributed by atoms with van der Waals surface area (Å²) in [5.41, 5.74) is 6.76. The van der Waals surface area contributed by atoms with Crippen LogP contribution in [0.4, 0.5) is 0 Å². The van der Waals surface area contributed by atoms with E-state index in [1.54, 1.807) is 11.3 Å². The van der Waals surface area contributed by atoms with Gasteiger partial charge in [-0.15, -0.1) is 11.3 Å². The van der Waals surface area contributed by atoms with Gasteiger partial charge in [0.2, 0.25) is 0 Å². The molecule has 0 aromatic carbocycles.